The molecule has 1 aromatic carbocycles. The van der Waals surface area contributed by atoms with E-state index in [1.807, 2.05) is 24.3 Å². The number of aromatic amines is 2. The van der Waals surface area contributed by atoms with Crippen molar-refractivity contribution in [2.24, 2.45) is 0 Å². The van der Waals surface area contributed by atoms with Gasteiger partial charge in [0.1, 0.15) is 11.0 Å². The molecule has 90 valence electrons. The number of hydrogen-bond acceptors (Lipinski definition) is 3. The van der Waals surface area contributed by atoms with Gasteiger partial charge in [-0.2, -0.15) is 0 Å². The van der Waals surface area contributed by atoms with Crippen LogP contribution in [0.2, 0.25) is 0 Å². The molecule has 0 amide bonds. The molecule has 0 aliphatic heterocycles. The number of nitrogens with one attached hydrogen (secondary N) is 2. The Morgan fingerprint density at radius 1 is 1.28 bits per heavy atom. The molecule has 2 aromatic heterocycles. The van der Waals surface area contributed by atoms with Crippen molar-refractivity contribution < 1.29 is 0 Å². The molecule has 18 heavy (non-hydrogen) atoms. The summed E-state index contributed by atoms with van der Waals surface area (Å²) in [4.78, 5) is 23.3. The molecular formula is C12H8BrN3OS. The third-order valence-corrected chi connectivity index (χ3v) is 3.97. The van der Waals surface area contributed by atoms with E-state index in [-0.39, 0.29) is 5.56 Å². The van der Waals surface area contributed by atoms with Crippen LogP contribution in [0.3, 0.4) is 0 Å². The summed E-state index contributed by atoms with van der Waals surface area (Å²) in [6.45, 7) is 0. The minimum absolute atomic E-state index is 0.152. The Morgan fingerprint density at radius 2 is 2.17 bits per heavy atom. The zero-order chi connectivity index (χ0) is 12.5. The lowest BCUT2D eigenvalue weighted by atomic mass is 10.4. The van der Waals surface area contributed by atoms with E-state index in [0.29, 0.717) is 11.0 Å². The van der Waals surface area contributed by atoms with E-state index in [1.165, 1.54) is 6.33 Å². The molecule has 0 spiro atoms. The molecule has 2 heterocycles. The first-order chi connectivity index (χ1) is 8.74. The van der Waals surface area contributed by atoms with E-state index in [1.54, 1.807) is 18.0 Å². The molecule has 0 radical (unpaired) electrons. The quantitative estimate of drug-likeness (QED) is 0.762. The highest BCUT2D eigenvalue weighted by Crippen LogP contribution is 2.32. The van der Waals surface area contributed by atoms with Crippen LogP contribution < -0.4 is 5.56 Å². The second-order valence-electron chi connectivity index (χ2n) is 3.67. The van der Waals surface area contributed by atoms with Gasteiger partial charge in [-0.05, 0) is 18.2 Å². The Kier molecular flexibility index (Phi) is 2.97. The molecule has 4 nitrogen and oxygen atoms in total. The third kappa shape index (κ3) is 2.09. The molecule has 0 bridgehead atoms. The number of rotatable bonds is 2. The van der Waals surface area contributed by atoms with Crippen molar-refractivity contribution in [3.8, 4) is 0 Å². The van der Waals surface area contributed by atoms with Crippen LogP contribution in [0.15, 0.2) is 55.8 Å². The number of benzene rings is 1. The van der Waals surface area contributed by atoms with Crippen molar-refractivity contribution in [2.75, 3.05) is 0 Å². The molecule has 0 aliphatic carbocycles. The average molecular weight is 322 g/mol. The van der Waals surface area contributed by atoms with Crippen LogP contribution in [-0.4, -0.2) is 15.0 Å². The van der Waals surface area contributed by atoms with Crippen LogP contribution in [0.1, 0.15) is 0 Å². The second kappa shape index (κ2) is 4.62. The van der Waals surface area contributed by atoms with Crippen LogP contribution >= 0.6 is 27.7 Å². The zero-order valence-corrected chi connectivity index (χ0v) is 11.5. The highest BCUT2D eigenvalue weighted by Gasteiger charge is 2.09. The van der Waals surface area contributed by atoms with E-state index < -0.39 is 0 Å². The van der Waals surface area contributed by atoms with E-state index >= 15 is 0 Å². The summed E-state index contributed by atoms with van der Waals surface area (Å²) >= 11 is 5.01. The highest BCUT2D eigenvalue weighted by atomic mass is 79.9. The van der Waals surface area contributed by atoms with Crippen LogP contribution in [-0.2, 0) is 0 Å². The van der Waals surface area contributed by atoms with Crippen LogP contribution in [0.25, 0.3) is 11.0 Å². The average Bonchev–Trinajstić information content (AvgIpc) is 2.74. The highest BCUT2D eigenvalue weighted by molar-refractivity contribution is 9.10. The Labute approximate surface area is 115 Å². The van der Waals surface area contributed by atoms with Crippen molar-refractivity contribution in [3.05, 3.63) is 51.6 Å². The van der Waals surface area contributed by atoms with Gasteiger partial charge in [-0.25, -0.2) is 4.98 Å². The van der Waals surface area contributed by atoms with Crippen molar-refractivity contribution in [1.29, 1.82) is 0 Å². The zero-order valence-electron chi connectivity index (χ0n) is 9.11. The van der Waals surface area contributed by atoms with Gasteiger partial charge in [0.2, 0.25) is 0 Å². The first-order valence-corrected chi connectivity index (χ1v) is 6.83. The lowest BCUT2D eigenvalue weighted by molar-refractivity contribution is 1.16. The van der Waals surface area contributed by atoms with Crippen LogP contribution in [0.5, 0.6) is 0 Å². The van der Waals surface area contributed by atoms with E-state index in [0.717, 1.165) is 14.3 Å². The summed E-state index contributed by atoms with van der Waals surface area (Å²) < 4.78 is 1.03. The summed E-state index contributed by atoms with van der Waals surface area (Å²) in [5, 5.41) is 0. The van der Waals surface area contributed by atoms with Crippen molar-refractivity contribution in [2.45, 2.75) is 9.79 Å². The number of halogens is 1. The predicted molar refractivity (Wildman–Crippen MR) is 75.0 cm³/mol. The summed E-state index contributed by atoms with van der Waals surface area (Å²) in [6.07, 6.45) is 3.22. The molecular weight excluding hydrogens is 314 g/mol. The maximum Gasteiger partial charge on any atom is 0.275 e. The molecule has 0 unspecified atom stereocenters. The van der Waals surface area contributed by atoms with Crippen molar-refractivity contribution >= 4 is 38.7 Å². The largest absolute Gasteiger partial charge is 0.354 e. The van der Waals surface area contributed by atoms with E-state index in [2.05, 4.69) is 30.9 Å². The number of aromatic nitrogens is 3. The van der Waals surface area contributed by atoms with Crippen molar-refractivity contribution in [3.63, 3.8) is 0 Å². The summed E-state index contributed by atoms with van der Waals surface area (Å²) in [7, 11) is 0. The normalized spacial score (nSPS) is 10.9. The molecule has 0 fully saturated rings. The fourth-order valence-electron chi connectivity index (χ4n) is 1.66. The van der Waals surface area contributed by atoms with Gasteiger partial charge < -0.3 is 9.97 Å². The Morgan fingerprint density at radius 3 is 3.00 bits per heavy atom. The Bertz CT molecular complexity index is 765. The summed E-state index contributed by atoms with van der Waals surface area (Å²) in [5.41, 5.74) is 1.06. The van der Waals surface area contributed by atoms with E-state index in [4.69, 9.17) is 0 Å². The summed E-state index contributed by atoms with van der Waals surface area (Å²) in [6, 6.07) is 7.99. The van der Waals surface area contributed by atoms with Gasteiger partial charge >= 0.3 is 0 Å². The molecule has 3 aromatic rings. The molecule has 0 saturated carbocycles. The minimum atomic E-state index is -0.152. The van der Waals surface area contributed by atoms with E-state index in [9.17, 15) is 4.79 Å². The SMILES string of the molecule is O=c1[nH]cnc2c(Sc3cccc(Br)c3)c[nH]c12. The number of nitrogens with zero attached hydrogens (tertiary/aromatic N) is 1. The maximum atomic E-state index is 11.6. The molecule has 0 atom stereocenters. The molecule has 0 saturated heterocycles. The van der Waals surface area contributed by atoms with Crippen LogP contribution in [0.4, 0.5) is 0 Å². The molecule has 0 aliphatic rings. The molecule has 3 rings (SSSR count). The summed E-state index contributed by atoms with van der Waals surface area (Å²) in [5.74, 6) is 0. The lowest BCUT2D eigenvalue weighted by Gasteiger charge is -1.99. The van der Waals surface area contributed by atoms with Gasteiger partial charge in [-0.15, -0.1) is 0 Å². The number of H-pyrrole nitrogens is 2. The molecule has 2 N–H and O–H groups in total. The van der Waals surface area contributed by atoms with Gasteiger partial charge in [0, 0.05) is 15.6 Å². The smallest absolute Gasteiger partial charge is 0.275 e. The van der Waals surface area contributed by atoms with Gasteiger partial charge in [0.25, 0.3) is 5.56 Å². The van der Waals surface area contributed by atoms with Gasteiger partial charge in [-0.3, -0.25) is 4.79 Å². The second-order valence-corrected chi connectivity index (χ2v) is 5.70. The maximum absolute atomic E-state index is 11.6. The Hall–Kier alpha value is -1.53. The lowest BCUT2D eigenvalue weighted by Crippen LogP contribution is -2.05. The first kappa shape index (κ1) is 11.6. The topological polar surface area (TPSA) is 61.5 Å². The fraction of sp³-hybridized carbons (Fsp3) is 0. The van der Waals surface area contributed by atoms with Gasteiger partial charge in [0.05, 0.1) is 11.2 Å². The van der Waals surface area contributed by atoms with Crippen molar-refractivity contribution in [1.82, 2.24) is 15.0 Å². The standard InChI is InChI=1S/C12H8BrN3OS/c13-7-2-1-3-8(4-7)18-9-5-14-11-10(9)15-6-16-12(11)17/h1-6,14H,(H,15,16,17). The minimum Gasteiger partial charge on any atom is -0.354 e. The monoisotopic (exact) mass is 321 g/mol. The molecule has 6 heteroatoms. The first-order valence-electron chi connectivity index (χ1n) is 5.22. The van der Waals surface area contributed by atoms with Gasteiger partial charge in [0.15, 0.2) is 0 Å². The van der Waals surface area contributed by atoms with Crippen LogP contribution in [0, 0.1) is 0 Å². The Balaban J connectivity index is 2.06. The van der Waals surface area contributed by atoms with Gasteiger partial charge in [-0.1, -0.05) is 33.8 Å². The fourth-order valence-corrected chi connectivity index (χ4v) is 3.17. The predicted octanol–water partition coefficient (Wildman–Crippen LogP) is 3.16. The third-order valence-electron chi connectivity index (χ3n) is 2.46. The number of hydrogen-bond donors (Lipinski definition) is 2. The number of fused-ring (bicyclic) bond motifs is 1.